The van der Waals surface area contributed by atoms with Gasteiger partial charge < -0.3 is 15.0 Å². The third kappa shape index (κ3) is 2.65. The first-order chi connectivity index (χ1) is 12.7. The monoisotopic (exact) mass is 347 g/mol. The molecule has 0 spiro atoms. The van der Waals surface area contributed by atoms with Crippen molar-refractivity contribution in [1.82, 2.24) is 14.9 Å². The minimum Gasteiger partial charge on any atom is -0.481 e. The fourth-order valence-corrected chi connectivity index (χ4v) is 3.60. The predicted molar refractivity (Wildman–Crippen MR) is 94.5 cm³/mol. The van der Waals surface area contributed by atoms with Crippen molar-refractivity contribution in [3.8, 4) is 0 Å². The van der Waals surface area contributed by atoms with Crippen molar-refractivity contribution in [2.24, 2.45) is 0 Å². The first-order valence-electron chi connectivity index (χ1n) is 8.31. The zero-order valence-corrected chi connectivity index (χ0v) is 13.9. The number of nitrogens with one attached hydrogen (secondary N) is 1. The minimum absolute atomic E-state index is 0.179. The Kier molecular flexibility index (Phi) is 4.01. The maximum Gasteiger partial charge on any atom is 0.313 e. The fourth-order valence-electron chi connectivity index (χ4n) is 3.60. The summed E-state index contributed by atoms with van der Waals surface area (Å²) in [7, 11) is 0. The average molecular weight is 347 g/mol. The highest BCUT2D eigenvalue weighted by atomic mass is 16.4. The maximum absolute atomic E-state index is 13.2. The second-order valence-corrected chi connectivity index (χ2v) is 6.27. The topological polar surface area (TPSA) is 86.3 Å². The molecule has 0 saturated heterocycles. The lowest BCUT2D eigenvalue weighted by Gasteiger charge is -2.40. The van der Waals surface area contributed by atoms with Crippen LogP contribution < -0.4 is 0 Å². The second-order valence-electron chi connectivity index (χ2n) is 6.27. The van der Waals surface area contributed by atoms with Crippen LogP contribution in [0.15, 0.2) is 67.1 Å². The predicted octanol–water partition coefficient (Wildman–Crippen LogP) is 2.98. The Balaban J connectivity index is 1.87. The highest BCUT2D eigenvalue weighted by molar-refractivity contribution is 6.00. The molecule has 3 aromatic rings. The minimum atomic E-state index is -0.958. The van der Waals surface area contributed by atoms with Gasteiger partial charge in [-0.2, -0.15) is 0 Å². The number of aromatic amines is 1. The molecule has 2 aromatic heterocycles. The Labute approximate surface area is 150 Å². The molecular formula is C20H17N3O3. The van der Waals surface area contributed by atoms with E-state index in [1.807, 2.05) is 18.2 Å². The third-order valence-electron chi connectivity index (χ3n) is 4.72. The Bertz CT molecular complexity index is 938. The van der Waals surface area contributed by atoms with E-state index < -0.39 is 17.9 Å². The molecule has 0 bridgehead atoms. The number of nitrogens with zero attached hydrogens (tertiary/aromatic N) is 2. The van der Waals surface area contributed by atoms with Gasteiger partial charge in [0, 0.05) is 36.4 Å². The van der Waals surface area contributed by atoms with Gasteiger partial charge in [0.25, 0.3) is 5.91 Å². The van der Waals surface area contributed by atoms with Crippen molar-refractivity contribution in [3.05, 3.63) is 89.5 Å². The Hall–Kier alpha value is -3.41. The van der Waals surface area contributed by atoms with Crippen LogP contribution in [0.25, 0.3) is 0 Å². The van der Waals surface area contributed by atoms with Crippen molar-refractivity contribution >= 4 is 11.9 Å². The van der Waals surface area contributed by atoms with Gasteiger partial charge in [0.05, 0.1) is 6.04 Å². The molecule has 2 N–H and O–H groups in total. The van der Waals surface area contributed by atoms with E-state index in [1.54, 1.807) is 53.8 Å². The van der Waals surface area contributed by atoms with E-state index in [0.717, 1.165) is 5.56 Å². The van der Waals surface area contributed by atoms with Gasteiger partial charge in [-0.15, -0.1) is 0 Å². The molecule has 1 amide bonds. The highest BCUT2D eigenvalue weighted by Crippen LogP contribution is 2.42. The van der Waals surface area contributed by atoms with Crippen LogP contribution in [0.5, 0.6) is 0 Å². The van der Waals surface area contributed by atoms with Crippen LogP contribution in [0.3, 0.4) is 0 Å². The first kappa shape index (κ1) is 16.1. The summed E-state index contributed by atoms with van der Waals surface area (Å²) in [5.41, 5.74) is 2.53. The number of carboxylic acids is 1. The number of aromatic nitrogens is 2. The average Bonchev–Trinajstić information content (AvgIpc) is 3.18. The van der Waals surface area contributed by atoms with Gasteiger partial charge in [-0.05, 0) is 35.4 Å². The number of carbonyl (C=O) groups is 2. The van der Waals surface area contributed by atoms with Crippen molar-refractivity contribution in [2.45, 2.75) is 18.5 Å². The van der Waals surface area contributed by atoms with Gasteiger partial charge in [-0.1, -0.05) is 24.3 Å². The molecule has 0 aliphatic carbocycles. The van der Waals surface area contributed by atoms with Gasteiger partial charge >= 0.3 is 5.97 Å². The smallest absolute Gasteiger partial charge is 0.313 e. The summed E-state index contributed by atoms with van der Waals surface area (Å²) in [5, 5.41) is 9.96. The Morgan fingerprint density at radius 3 is 2.69 bits per heavy atom. The lowest BCUT2D eigenvalue weighted by molar-refractivity contribution is -0.140. The van der Waals surface area contributed by atoms with Crippen molar-refractivity contribution in [3.63, 3.8) is 0 Å². The highest BCUT2D eigenvalue weighted by Gasteiger charge is 2.44. The molecule has 0 saturated carbocycles. The number of hydrogen-bond acceptors (Lipinski definition) is 3. The summed E-state index contributed by atoms with van der Waals surface area (Å²) >= 11 is 0. The Morgan fingerprint density at radius 2 is 2.00 bits per heavy atom. The number of pyridine rings is 1. The van der Waals surface area contributed by atoms with E-state index in [2.05, 4.69) is 9.97 Å². The number of rotatable bonds is 4. The number of carbonyl (C=O) groups excluding carboxylic acids is 1. The number of hydrogen-bond donors (Lipinski definition) is 2. The molecule has 1 aliphatic rings. The van der Waals surface area contributed by atoms with Gasteiger partial charge in [-0.25, -0.2) is 0 Å². The summed E-state index contributed by atoms with van der Waals surface area (Å²) in [4.78, 5) is 34.2. The number of benzene rings is 1. The Morgan fingerprint density at radius 1 is 1.15 bits per heavy atom. The van der Waals surface area contributed by atoms with Gasteiger partial charge in [0.15, 0.2) is 0 Å². The largest absolute Gasteiger partial charge is 0.481 e. The van der Waals surface area contributed by atoms with E-state index in [0.29, 0.717) is 16.8 Å². The van der Waals surface area contributed by atoms with Crippen LogP contribution >= 0.6 is 0 Å². The molecule has 130 valence electrons. The molecule has 0 fully saturated rings. The van der Waals surface area contributed by atoms with Crippen LogP contribution in [0.2, 0.25) is 0 Å². The molecule has 6 nitrogen and oxygen atoms in total. The third-order valence-corrected chi connectivity index (χ3v) is 4.72. The summed E-state index contributed by atoms with van der Waals surface area (Å²) in [6.07, 6.45) is 5.09. The maximum atomic E-state index is 13.2. The molecule has 6 heteroatoms. The standard InChI is InChI=1S/C20H17N3O3/c24-19-15-7-2-1-6-14(15)17(20(25)26)18(16-8-4-10-22-16)23(19)12-13-5-3-9-21-11-13/h1-11,17-18,22H,12H2,(H,25,26). The number of aliphatic carboxylic acids is 1. The number of amides is 1. The quantitative estimate of drug-likeness (QED) is 0.760. The van der Waals surface area contributed by atoms with E-state index in [-0.39, 0.29) is 12.5 Å². The number of H-pyrrole nitrogens is 1. The molecular weight excluding hydrogens is 330 g/mol. The van der Waals surface area contributed by atoms with Crippen molar-refractivity contribution < 1.29 is 14.7 Å². The van der Waals surface area contributed by atoms with Crippen LogP contribution in [0.4, 0.5) is 0 Å². The lowest BCUT2D eigenvalue weighted by Crippen LogP contribution is -2.44. The van der Waals surface area contributed by atoms with Crippen LogP contribution in [0.1, 0.15) is 39.1 Å². The van der Waals surface area contributed by atoms with Gasteiger partial charge in [0.2, 0.25) is 0 Å². The zero-order valence-electron chi connectivity index (χ0n) is 13.9. The molecule has 3 heterocycles. The van der Waals surface area contributed by atoms with Crippen LogP contribution in [0, 0.1) is 0 Å². The van der Waals surface area contributed by atoms with Crippen LogP contribution in [-0.4, -0.2) is 31.9 Å². The molecule has 2 atom stereocenters. The number of fused-ring (bicyclic) bond motifs is 1. The molecule has 1 aliphatic heterocycles. The number of carboxylic acid groups (broad SMARTS) is 1. The van der Waals surface area contributed by atoms with E-state index in [1.165, 1.54) is 0 Å². The van der Waals surface area contributed by atoms with Crippen molar-refractivity contribution in [1.29, 1.82) is 0 Å². The fraction of sp³-hybridized carbons (Fsp3) is 0.150. The zero-order chi connectivity index (χ0) is 18.1. The van der Waals surface area contributed by atoms with Crippen molar-refractivity contribution in [2.75, 3.05) is 0 Å². The summed E-state index contributed by atoms with van der Waals surface area (Å²) in [5.74, 6) is -1.98. The molecule has 2 unspecified atom stereocenters. The molecule has 1 aromatic carbocycles. The second kappa shape index (κ2) is 6.48. The summed E-state index contributed by atoms with van der Waals surface area (Å²) in [6, 6.07) is 13.6. The van der Waals surface area contributed by atoms with E-state index in [9.17, 15) is 14.7 Å². The molecule has 0 radical (unpaired) electrons. The van der Waals surface area contributed by atoms with Crippen LogP contribution in [-0.2, 0) is 11.3 Å². The van der Waals surface area contributed by atoms with E-state index >= 15 is 0 Å². The summed E-state index contributed by atoms with van der Waals surface area (Å²) in [6.45, 7) is 0.286. The lowest BCUT2D eigenvalue weighted by atomic mass is 9.81. The van der Waals surface area contributed by atoms with E-state index in [4.69, 9.17) is 0 Å². The summed E-state index contributed by atoms with van der Waals surface area (Å²) < 4.78 is 0. The molecule has 4 rings (SSSR count). The first-order valence-corrected chi connectivity index (χ1v) is 8.31. The molecule has 26 heavy (non-hydrogen) atoms. The van der Waals surface area contributed by atoms with Gasteiger partial charge in [0.1, 0.15) is 5.92 Å². The SMILES string of the molecule is O=C(O)C1c2ccccc2C(=O)N(Cc2cccnc2)C1c1ccc[nH]1. The van der Waals surface area contributed by atoms with Gasteiger partial charge in [-0.3, -0.25) is 14.6 Å². The normalized spacial score (nSPS) is 19.2.